The molecule has 0 aromatic heterocycles. The first-order chi connectivity index (χ1) is 11.0. The predicted octanol–water partition coefficient (Wildman–Crippen LogP) is 3.91. The number of fused-ring (bicyclic) bond motifs is 1. The smallest absolute Gasteiger partial charge is 0.143 e. The molecule has 1 aliphatic rings. The van der Waals surface area contributed by atoms with Gasteiger partial charge in [0.05, 0.1) is 12.2 Å². The molecule has 3 heteroatoms. The van der Waals surface area contributed by atoms with Crippen LogP contribution in [0.5, 0.6) is 5.75 Å². The Labute approximate surface area is 139 Å². The molecule has 2 N–H and O–H groups in total. The van der Waals surface area contributed by atoms with Gasteiger partial charge in [-0.2, -0.15) is 0 Å². The van der Waals surface area contributed by atoms with Crippen LogP contribution in [-0.4, -0.2) is 18.7 Å². The molecule has 0 bridgehead atoms. The van der Waals surface area contributed by atoms with Crippen LogP contribution in [0.15, 0.2) is 42.5 Å². The van der Waals surface area contributed by atoms with Gasteiger partial charge in [0.25, 0.3) is 0 Å². The molecule has 0 radical (unpaired) electrons. The topological polar surface area (TPSA) is 33.3 Å². The molecular weight excluding hydrogens is 284 g/mol. The summed E-state index contributed by atoms with van der Waals surface area (Å²) in [6.45, 7) is 9.05. The van der Waals surface area contributed by atoms with Crippen molar-refractivity contribution in [3.05, 3.63) is 59.2 Å². The molecule has 3 nitrogen and oxygen atoms in total. The molecule has 2 aromatic carbocycles. The monoisotopic (exact) mass is 310 g/mol. The van der Waals surface area contributed by atoms with E-state index in [9.17, 15) is 0 Å². The maximum atomic E-state index is 5.99. The van der Waals surface area contributed by atoms with Gasteiger partial charge in [-0.05, 0) is 57.0 Å². The third-order valence-corrected chi connectivity index (χ3v) is 4.17. The molecule has 3 rings (SSSR count). The lowest BCUT2D eigenvalue weighted by Crippen LogP contribution is -2.40. The van der Waals surface area contributed by atoms with Gasteiger partial charge < -0.3 is 15.4 Å². The fraction of sp³-hybridized carbons (Fsp3) is 0.400. The Balaban J connectivity index is 1.50. The number of benzene rings is 2. The lowest BCUT2D eigenvalue weighted by molar-refractivity contribution is 0.116. The quantitative estimate of drug-likeness (QED) is 0.822. The van der Waals surface area contributed by atoms with E-state index in [1.165, 1.54) is 16.7 Å². The highest BCUT2D eigenvalue weighted by Gasteiger charge is 2.25. The molecule has 0 spiro atoms. The number of aryl methyl sites for hydroxylation is 1. The standard InChI is InChI=1S/C20H26N2O/c1-15-4-6-17(7-5-15)13-21-11-10-16-8-9-19-18(12-16)22-14-20(2,3)23-19/h4-9,12,21-22H,10-11,13-14H2,1-3H3. The van der Waals surface area contributed by atoms with Crippen molar-refractivity contribution in [2.24, 2.45) is 0 Å². The minimum absolute atomic E-state index is 0.135. The molecule has 1 aliphatic heterocycles. The highest BCUT2D eigenvalue weighted by molar-refractivity contribution is 5.60. The Bertz CT molecular complexity index is 662. The molecule has 122 valence electrons. The summed E-state index contributed by atoms with van der Waals surface area (Å²) < 4.78 is 5.99. The third kappa shape index (κ3) is 4.26. The Morgan fingerprint density at radius 1 is 1.09 bits per heavy atom. The lowest BCUT2D eigenvalue weighted by atomic mass is 10.0. The Morgan fingerprint density at radius 2 is 1.83 bits per heavy atom. The van der Waals surface area contributed by atoms with E-state index in [0.717, 1.165) is 37.5 Å². The van der Waals surface area contributed by atoms with Crippen LogP contribution in [0.2, 0.25) is 0 Å². The van der Waals surface area contributed by atoms with Gasteiger partial charge in [0.15, 0.2) is 0 Å². The van der Waals surface area contributed by atoms with Gasteiger partial charge >= 0.3 is 0 Å². The zero-order chi connectivity index (χ0) is 16.3. The van der Waals surface area contributed by atoms with E-state index < -0.39 is 0 Å². The first-order valence-electron chi connectivity index (χ1n) is 8.34. The second kappa shape index (κ2) is 6.63. The van der Waals surface area contributed by atoms with Crippen LogP contribution in [0.3, 0.4) is 0 Å². The van der Waals surface area contributed by atoms with Crippen LogP contribution in [0, 0.1) is 6.92 Å². The largest absolute Gasteiger partial charge is 0.484 e. The zero-order valence-corrected chi connectivity index (χ0v) is 14.3. The second-order valence-electron chi connectivity index (χ2n) is 6.96. The summed E-state index contributed by atoms with van der Waals surface area (Å²) in [6.07, 6.45) is 1.02. The Kier molecular flexibility index (Phi) is 4.58. The summed E-state index contributed by atoms with van der Waals surface area (Å²) in [7, 11) is 0. The van der Waals surface area contributed by atoms with Crippen LogP contribution in [0.25, 0.3) is 0 Å². The van der Waals surface area contributed by atoms with Crippen LogP contribution in [0.4, 0.5) is 5.69 Å². The number of hydrogen-bond donors (Lipinski definition) is 2. The first-order valence-corrected chi connectivity index (χ1v) is 8.34. The molecule has 23 heavy (non-hydrogen) atoms. The van der Waals surface area contributed by atoms with Crippen LogP contribution in [0.1, 0.15) is 30.5 Å². The summed E-state index contributed by atoms with van der Waals surface area (Å²) in [5.41, 5.74) is 4.94. The molecule has 0 saturated heterocycles. The minimum atomic E-state index is -0.135. The van der Waals surface area contributed by atoms with Gasteiger partial charge in [0.1, 0.15) is 11.4 Å². The Hall–Kier alpha value is -2.00. The predicted molar refractivity (Wildman–Crippen MR) is 96.2 cm³/mol. The number of rotatable bonds is 5. The molecule has 0 unspecified atom stereocenters. The van der Waals surface area contributed by atoms with Gasteiger partial charge in [-0.1, -0.05) is 35.9 Å². The van der Waals surface area contributed by atoms with Crippen LogP contribution >= 0.6 is 0 Å². The molecule has 0 atom stereocenters. The van der Waals surface area contributed by atoms with Crippen molar-refractivity contribution < 1.29 is 4.74 Å². The number of ether oxygens (including phenoxy) is 1. The average Bonchev–Trinajstić information content (AvgIpc) is 2.52. The molecule has 0 amide bonds. The summed E-state index contributed by atoms with van der Waals surface area (Å²) in [6, 6.07) is 15.1. The average molecular weight is 310 g/mol. The van der Waals surface area contributed by atoms with E-state index in [1.807, 2.05) is 0 Å². The van der Waals surface area contributed by atoms with Crippen molar-refractivity contribution in [1.29, 1.82) is 0 Å². The molecule has 0 fully saturated rings. The molecule has 2 aromatic rings. The number of hydrogen-bond acceptors (Lipinski definition) is 3. The van der Waals surface area contributed by atoms with E-state index >= 15 is 0 Å². The fourth-order valence-corrected chi connectivity index (χ4v) is 2.77. The van der Waals surface area contributed by atoms with E-state index in [-0.39, 0.29) is 5.60 Å². The number of nitrogens with one attached hydrogen (secondary N) is 2. The van der Waals surface area contributed by atoms with Crippen LogP contribution < -0.4 is 15.4 Å². The normalized spacial score (nSPS) is 15.4. The maximum Gasteiger partial charge on any atom is 0.143 e. The summed E-state index contributed by atoms with van der Waals surface area (Å²) in [4.78, 5) is 0. The third-order valence-electron chi connectivity index (χ3n) is 4.17. The summed E-state index contributed by atoms with van der Waals surface area (Å²) >= 11 is 0. The molecule has 0 aliphatic carbocycles. The van der Waals surface area contributed by atoms with Crippen molar-refractivity contribution >= 4 is 5.69 Å². The SMILES string of the molecule is Cc1ccc(CNCCc2ccc3c(c2)NCC(C)(C)O3)cc1. The summed E-state index contributed by atoms with van der Waals surface area (Å²) in [5.74, 6) is 0.956. The van der Waals surface area contributed by atoms with E-state index in [0.29, 0.717) is 0 Å². The van der Waals surface area contributed by atoms with Crippen molar-refractivity contribution in [3.63, 3.8) is 0 Å². The number of anilines is 1. The molecule has 1 heterocycles. The van der Waals surface area contributed by atoms with Gasteiger partial charge in [-0.15, -0.1) is 0 Å². The highest BCUT2D eigenvalue weighted by atomic mass is 16.5. The second-order valence-corrected chi connectivity index (χ2v) is 6.96. The van der Waals surface area contributed by atoms with Gasteiger partial charge in [-0.25, -0.2) is 0 Å². The van der Waals surface area contributed by atoms with E-state index in [1.54, 1.807) is 0 Å². The van der Waals surface area contributed by atoms with Gasteiger partial charge in [0.2, 0.25) is 0 Å². The zero-order valence-electron chi connectivity index (χ0n) is 14.3. The minimum Gasteiger partial charge on any atom is -0.484 e. The van der Waals surface area contributed by atoms with Crippen molar-refractivity contribution in [3.8, 4) is 5.75 Å². The van der Waals surface area contributed by atoms with Crippen molar-refractivity contribution in [1.82, 2.24) is 5.32 Å². The lowest BCUT2D eigenvalue weighted by Gasteiger charge is -2.33. The van der Waals surface area contributed by atoms with Gasteiger partial charge in [0, 0.05) is 6.54 Å². The van der Waals surface area contributed by atoms with E-state index in [2.05, 4.69) is 73.9 Å². The van der Waals surface area contributed by atoms with Crippen molar-refractivity contribution in [2.45, 2.75) is 39.3 Å². The molecular formula is C20H26N2O. The maximum absolute atomic E-state index is 5.99. The van der Waals surface area contributed by atoms with Gasteiger partial charge in [-0.3, -0.25) is 0 Å². The summed E-state index contributed by atoms with van der Waals surface area (Å²) in [5, 5.41) is 6.98. The fourth-order valence-electron chi connectivity index (χ4n) is 2.77. The Morgan fingerprint density at radius 3 is 2.61 bits per heavy atom. The van der Waals surface area contributed by atoms with Crippen molar-refractivity contribution in [2.75, 3.05) is 18.4 Å². The molecule has 0 saturated carbocycles. The van der Waals surface area contributed by atoms with E-state index in [4.69, 9.17) is 4.74 Å². The highest BCUT2D eigenvalue weighted by Crippen LogP contribution is 2.33. The van der Waals surface area contributed by atoms with Crippen LogP contribution in [-0.2, 0) is 13.0 Å². The first kappa shape index (κ1) is 15.9.